The number of azo groups is 1. The average molecular weight is 402 g/mol. The molecule has 0 spiro atoms. The summed E-state index contributed by atoms with van der Waals surface area (Å²) in [7, 11) is 1.72. The largest absolute Gasteiger partial charge is 0.493 e. The van der Waals surface area contributed by atoms with Crippen molar-refractivity contribution < 1.29 is 14.6 Å². The Hall–Kier alpha value is -2.67. The van der Waals surface area contributed by atoms with Crippen LogP contribution in [0.3, 0.4) is 0 Å². The number of benzene rings is 2. The molecule has 0 aliphatic rings. The van der Waals surface area contributed by atoms with Crippen molar-refractivity contribution >= 4 is 38.4 Å². The maximum atomic E-state index is 12.2. The zero-order valence-corrected chi connectivity index (χ0v) is 15.3. The van der Waals surface area contributed by atoms with Gasteiger partial charge in [0.15, 0.2) is 11.8 Å². The number of amides is 1. The summed E-state index contributed by atoms with van der Waals surface area (Å²) in [6.45, 7) is 1.61. The van der Waals surface area contributed by atoms with E-state index in [4.69, 9.17) is 4.74 Å². The molecule has 3 aromatic rings. The molecule has 0 saturated heterocycles. The predicted molar refractivity (Wildman–Crippen MR) is 98.3 cm³/mol. The second kappa shape index (κ2) is 7.06. The summed E-state index contributed by atoms with van der Waals surface area (Å²) < 4.78 is 7.96. The molecule has 1 atom stereocenters. The summed E-state index contributed by atoms with van der Waals surface area (Å²) in [5.41, 5.74) is 1.04. The number of rotatable bonds is 4. The first kappa shape index (κ1) is 17.2. The number of aryl methyl sites for hydroxylation is 1. The van der Waals surface area contributed by atoms with E-state index < -0.39 is 12.0 Å². The number of para-hydroxylation sites is 1. The highest BCUT2D eigenvalue weighted by Gasteiger charge is 2.17. The van der Waals surface area contributed by atoms with Crippen molar-refractivity contribution in [2.24, 2.45) is 17.3 Å². The van der Waals surface area contributed by atoms with Gasteiger partial charge < -0.3 is 14.4 Å². The zero-order valence-electron chi connectivity index (χ0n) is 13.7. The number of aromatic hydroxyl groups is 1. The van der Waals surface area contributed by atoms with Gasteiger partial charge in [0.1, 0.15) is 5.75 Å². The Morgan fingerprint density at radius 1 is 1.24 bits per heavy atom. The predicted octanol–water partition coefficient (Wildman–Crippen LogP) is 4.72. The summed E-state index contributed by atoms with van der Waals surface area (Å²) in [6.07, 6.45) is -0.782. The first-order valence-electron chi connectivity index (χ1n) is 7.61. The quantitative estimate of drug-likeness (QED) is 0.642. The van der Waals surface area contributed by atoms with Crippen LogP contribution in [-0.4, -0.2) is 21.7 Å². The second-order valence-electron chi connectivity index (χ2n) is 5.50. The molecule has 128 valence electrons. The van der Waals surface area contributed by atoms with Crippen molar-refractivity contribution in [3.05, 3.63) is 53.0 Å². The lowest BCUT2D eigenvalue weighted by Gasteiger charge is -2.10. The minimum atomic E-state index is -0.782. The minimum absolute atomic E-state index is 0.0544. The van der Waals surface area contributed by atoms with E-state index in [1.165, 1.54) is 0 Å². The van der Waals surface area contributed by atoms with Crippen LogP contribution in [0.15, 0.2) is 63.2 Å². The Morgan fingerprint density at radius 2 is 1.96 bits per heavy atom. The van der Waals surface area contributed by atoms with E-state index in [9.17, 15) is 9.90 Å². The Kier molecular flexibility index (Phi) is 4.85. The molecule has 25 heavy (non-hydrogen) atoms. The Bertz CT molecular complexity index is 951. The van der Waals surface area contributed by atoms with E-state index in [1.807, 2.05) is 36.4 Å². The fourth-order valence-electron chi connectivity index (χ4n) is 2.42. The van der Waals surface area contributed by atoms with Crippen molar-refractivity contribution in [2.75, 3.05) is 0 Å². The van der Waals surface area contributed by atoms with Crippen LogP contribution < -0.4 is 4.74 Å². The van der Waals surface area contributed by atoms with Crippen LogP contribution in [0.5, 0.6) is 11.6 Å². The van der Waals surface area contributed by atoms with Crippen LogP contribution >= 0.6 is 15.9 Å². The Labute approximate surface area is 152 Å². The third-order valence-corrected chi connectivity index (χ3v) is 4.25. The third-order valence-electron chi connectivity index (χ3n) is 3.76. The molecule has 0 radical (unpaired) electrons. The van der Waals surface area contributed by atoms with Crippen molar-refractivity contribution in [1.29, 1.82) is 0 Å². The summed E-state index contributed by atoms with van der Waals surface area (Å²) in [6, 6.07) is 14.5. The van der Waals surface area contributed by atoms with Gasteiger partial charge in [0.2, 0.25) is 5.88 Å². The number of hydrogen-bond acceptors (Lipinski definition) is 4. The standard InChI is InChI=1S/C18H16BrN3O3/c1-11(25-13-6-4-3-5-7-13)17(23)21-20-16-14-10-12(19)8-9-15(14)22(2)18(16)24/h3-11,24H,1-2H3/t11-/m1/s1. The average Bonchev–Trinajstić information content (AvgIpc) is 2.84. The van der Waals surface area contributed by atoms with Gasteiger partial charge in [-0.1, -0.05) is 34.1 Å². The van der Waals surface area contributed by atoms with Gasteiger partial charge in [-0.15, -0.1) is 10.2 Å². The number of fused-ring (bicyclic) bond motifs is 1. The van der Waals surface area contributed by atoms with Gasteiger partial charge >= 0.3 is 5.91 Å². The molecule has 0 saturated carbocycles. The first-order valence-corrected chi connectivity index (χ1v) is 8.41. The molecular formula is C18H16BrN3O3. The van der Waals surface area contributed by atoms with Crippen LogP contribution in [-0.2, 0) is 11.8 Å². The highest BCUT2D eigenvalue weighted by molar-refractivity contribution is 9.10. The zero-order chi connectivity index (χ0) is 18.0. The minimum Gasteiger partial charge on any atom is -0.493 e. The van der Waals surface area contributed by atoms with Gasteiger partial charge in [-0.3, -0.25) is 4.79 Å². The molecule has 0 aliphatic heterocycles. The molecule has 1 heterocycles. The lowest BCUT2D eigenvalue weighted by atomic mass is 10.2. The molecule has 7 heteroatoms. The van der Waals surface area contributed by atoms with Gasteiger partial charge in [0, 0.05) is 16.9 Å². The molecule has 3 rings (SSSR count). The summed E-state index contributed by atoms with van der Waals surface area (Å²) in [5, 5.41) is 18.6. The smallest absolute Gasteiger partial charge is 0.304 e. The van der Waals surface area contributed by atoms with Crippen LogP contribution in [0.4, 0.5) is 5.69 Å². The number of nitrogens with zero attached hydrogens (tertiary/aromatic N) is 3. The van der Waals surface area contributed by atoms with E-state index in [2.05, 4.69) is 26.2 Å². The molecule has 0 unspecified atom stereocenters. The van der Waals surface area contributed by atoms with Gasteiger partial charge in [-0.25, -0.2) is 0 Å². The van der Waals surface area contributed by atoms with Gasteiger partial charge in [-0.2, -0.15) is 0 Å². The van der Waals surface area contributed by atoms with Gasteiger partial charge in [-0.05, 0) is 37.3 Å². The lowest BCUT2D eigenvalue weighted by molar-refractivity contribution is -0.124. The number of carbonyl (C=O) groups is 1. The van der Waals surface area contributed by atoms with Crippen LogP contribution in [0, 0.1) is 0 Å². The van der Waals surface area contributed by atoms with E-state index in [0.717, 1.165) is 9.99 Å². The molecule has 0 bridgehead atoms. The fraction of sp³-hybridized carbons (Fsp3) is 0.167. The lowest BCUT2D eigenvalue weighted by Crippen LogP contribution is -2.21. The summed E-state index contributed by atoms with van der Waals surface area (Å²) in [4.78, 5) is 12.2. The second-order valence-corrected chi connectivity index (χ2v) is 6.42. The molecule has 2 aromatic carbocycles. The number of ether oxygens (including phenoxy) is 1. The van der Waals surface area contributed by atoms with Crippen LogP contribution in [0.25, 0.3) is 10.9 Å². The van der Waals surface area contributed by atoms with Crippen molar-refractivity contribution in [2.45, 2.75) is 13.0 Å². The molecule has 1 N–H and O–H groups in total. The van der Waals surface area contributed by atoms with Crippen molar-refractivity contribution in [1.82, 2.24) is 4.57 Å². The summed E-state index contributed by atoms with van der Waals surface area (Å²) in [5.74, 6) is -0.00739. The first-order chi connectivity index (χ1) is 12.0. The van der Waals surface area contributed by atoms with E-state index in [0.29, 0.717) is 11.1 Å². The molecule has 0 fully saturated rings. The fourth-order valence-corrected chi connectivity index (χ4v) is 2.78. The summed E-state index contributed by atoms with van der Waals surface area (Å²) >= 11 is 3.39. The van der Waals surface area contributed by atoms with E-state index in [1.54, 1.807) is 30.7 Å². The molecule has 0 aliphatic carbocycles. The normalized spacial score (nSPS) is 12.6. The maximum absolute atomic E-state index is 12.2. The van der Waals surface area contributed by atoms with Gasteiger partial charge in [0.25, 0.3) is 0 Å². The van der Waals surface area contributed by atoms with Gasteiger partial charge in [0.05, 0.1) is 5.52 Å². The molecule has 6 nitrogen and oxygen atoms in total. The number of aromatic nitrogens is 1. The monoisotopic (exact) mass is 401 g/mol. The molecular weight excluding hydrogens is 386 g/mol. The Morgan fingerprint density at radius 3 is 2.68 bits per heavy atom. The number of carbonyl (C=O) groups excluding carboxylic acids is 1. The van der Waals surface area contributed by atoms with Crippen molar-refractivity contribution in [3.8, 4) is 11.6 Å². The topological polar surface area (TPSA) is 76.2 Å². The maximum Gasteiger partial charge on any atom is 0.304 e. The number of halogens is 1. The third kappa shape index (κ3) is 3.56. The molecule has 1 aromatic heterocycles. The molecule has 1 amide bonds. The SMILES string of the molecule is C[C@@H](Oc1ccccc1)C(=O)N=Nc1c(O)n(C)c2ccc(Br)cc12. The van der Waals surface area contributed by atoms with E-state index in [-0.39, 0.29) is 11.6 Å². The van der Waals surface area contributed by atoms with Crippen LogP contribution in [0.2, 0.25) is 0 Å². The van der Waals surface area contributed by atoms with E-state index >= 15 is 0 Å². The van der Waals surface area contributed by atoms with Crippen molar-refractivity contribution in [3.63, 3.8) is 0 Å². The Balaban J connectivity index is 1.84. The highest BCUT2D eigenvalue weighted by Crippen LogP contribution is 2.39. The highest BCUT2D eigenvalue weighted by atomic mass is 79.9. The number of hydrogen-bond donors (Lipinski definition) is 1. The van der Waals surface area contributed by atoms with Crippen LogP contribution in [0.1, 0.15) is 6.92 Å².